The number of carbonyl (C=O) groups is 1. The molecule has 1 aromatic rings. The monoisotopic (exact) mass is 360 g/mol. The number of carboxylic acids is 1. The quantitative estimate of drug-likeness (QED) is 0.843. The van der Waals surface area contributed by atoms with E-state index in [1.54, 1.807) is 0 Å². The van der Waals surface area contributed by atoms with Crippen LogP contribution in [-0.2, 0) is 4.79 Å². The molecule has 0 aromatic heterocycles. The summed E-state index contributed by atoms with van der Waals surface area (Å²) >= 11 is 6.21. The fourth-order valence-corrected chi connectivity index (χ4v) is 4.85. The largest absolute Gasteiger partial charge is 0.481 e. The smallest absolute Gasteiger partial charge is 0.303 e. The van der Waals surface area contributed by atoms with Crippen LogP contribution in [0.25, 0.3) is 0 Å². The normalized spacial score (nSPS) is 20.4. The average molecular weight is 361 g/mol. The highest BCUT2D eigenvalue weighted by Crippen LogP contribution is 2.47. The second-order valence-corrected chi connectivity index (χ2v) is 8.19. The van der Waals surface area contributed by atoms with E-state index in [-0.39, 0.29) is 0 Å². The molecule has 2 fully saturated rings. The fourth-order valence-electron chi connectivity index (χ4n) is 4.58. The Balaban J connectivity index is 1.65. The van der Waals surface area contributed by atoms with Crippen molar-refractivity contribution in [2.24, 2.45) is 11.3 Å². The zero-order valence-electron chi connectivity index (χ0n) is 14.7. The number of anilines is 1. The highest BCUT2D eigenvalue weighted by molar-refractivity contribution is 6.31. The van der Waals surface area contributed by atoms with Crippen LogP contribution in [0.5, 0.6) is 0 Å². The summed E-state index contributed by atoms with van der Waals surface area (Å²) in [5.74, 6) is -0.321. The van der Waals surface area contributed by atoms with Crippen molar-refractivity contribution in [3.63, 3.8) is 0 Å². The Morgan fingerprint density at radius 1 is 1.32 bits per heavy atom. The number of carboxylic acid groups (broad SMARTS) is 1. The molecule has 5 heteroatoms. The van der Waals surface area contributed by atoms with E-state index in [9.17, 15) is 10.1 Å². The van der Waals surface area contributed by atoms with Crippen molar-refractivity contribution < 1.29 is 9.90 Å². The summed E-state index contributed by atoms with van der Waals surface area (Å²) in [6, 6.07) is 6.09. The minimum atomic E-state index is -0.670. The van der Waals surface area contributed by atoms with Crippen molar-refractivity contribution >= 4 is 23.3 Å². The first-order valence-electron chi connectivity index (χ1n) is 9.09. The Labute approximate surface area is 154 Å². The SMILES string of the molecule is Cc1cc(Cl)cc(N2CCC3(CCC(CC(=O)O)CC3)CC2)c1C#N. The fraction of sp³-hybridized carbons (Fsp3) is 0.600. The zero-order chi connectivity index (χ0) is 18.0. The van der Waals surface area contributed by atoms with E-state index in [0.29, 0.717) is 22.8 Å². The molecule has 134 valence electrons. The van der Waals surface area contributed by atoms with Crippen molar-refractivity contribution in [3.05, 3.63) is 28.3 Å². The van der Waals surface area contributed by atoms with Crippen molar-refractivity contribution in [2.45, 2.75) is 51.9 Å². The van der Waals surface area contributed by atoms with E-state index in [0.717, 1.165) is 68.4 Å². The highest BCUT2D eigenvalue weighted by Gasteiger charge is 2.38. The predicted molar refractivity (Wildman–Crippen MR) is 99.0 cm³/mol. The summed E-state index contributed by atoms with van der Waals surface area (Å²) in [6.07, 6.45) is 6.89. The van der Waals surface area contributed by atoms with E-state index in [4.69, 9.17) is 16.7 Å². The van der Waals surface area contributed by atoms with Gasteiger partial charge in [-0.3, -0.25) is 4.79 Å². The van der Waals surface area contributed by atoms with Crippen LogP contribution in [0.15, 0.2) is 12.1 Å². The van der Waals surface area contributed by atoms with Crippen molar-refractivity contribution in [3.8, 4) is 6.07 Å². The molecule has 1 saturated carbocycles. The molecule has 1 aliphatic carbocycles. The van der Waals surface area contributed by atoms with Gasteiger partial charge in [0.1, 0.15) is 6.07 Å². The molecular formula is C20H25ClN2O2. The molecular weight excluding hydrogens is 336 g/mol. The third kappa shape index (κ3) is 3.93. The van der Waals surface area contributed by atoms with Crippen molar-refractivity contribution in [2.75, 3.05) is 18.0 Å². The summed E-state index contributed by atoms with van der Waals surface area (Å²) in [7, 11) is 0. The van der Waals surface area contributed by atoms with E-state index in [1.165, 1.54) is 0 Å². The van der Waals surface area contributed by atoms with Crippen LogP contribution in [0.1, 0.15) is 56.1 Å². The lowest BCUT2D eigenvalue weighted by Crippen LogP contribution is -2.42. The molecule has 1 heterocycles. The number of benzene rings is 1. The number of rotatable bonds is 3. The van der Waals surface area contributed by atoms with Gasteiger partial charge in [-0.2, -0.15) is 5.26 Å². The van der Waals surface area contributed by atoms with Crippen LogP contribution < -0.4 is 4.90 Å². The number of halogens is 1. The Hall–Kier alpha value is -1.73. The van der Waals surface area contributed by atoms with E-state index < -0.39 is 5.97 Å². The van der Waals surface area contributed by atoms with Crippen molar-refractivity contribution in [1.82, 2.24) is 0 Å². The third-order valence-electron chi connectivity index (χ3n) is 6.19. The van der Waals surface area contributed by atoms with Gasteiger partial charge in [-0.25, -0.2) is 0 Å². The number of aliphatic carboxylic acids is 1. The number of hydrogen-bond acceptors (Lipinski definition) is 3. The van der Waals surface area contributed by atoms with Crippen LogP contribution in [0.4, 0.5) is 5.69 Å². The lowest BCUT2D eigenvalue weighted by atomic mass is 9.65. The first kappa shape index (κ1) is 18.1. The standard InChI is InChI=1S/C20H25ClN2O2/c1-14-10-16(21)12-18(17(14)13-22)23-8-6-20(7-9-23)4-2-15(3-5-20)11-19(24)25/h10,12,15H,2-9,11H2,1H3,(H,24,25). The second kappa shape index (κ2) is 7.25. The number of nitriles is 1. The molecule has 2 aliphatic rings. The van der Waals surface area contributed by atoms with E-state index in [1.807, 2.05) is 19.1 Å². The van der Waals surface area contributed by atoms with Gasteiger partial charge >= 0.3 is 5.97 Å². The van der Waals surface area contributed by atoms with Crippen LogP contribution >= 0.6 is 11.6 Å². The molecule has 25 heavy (non-hydrogen) atoms. The number of nitrogens with zero attached hydrogens (tertiary/aromatic N) is 2. The molecule has 4 nitrogen and oxygen atoms in total. The molecule has 0 radical (unpaired) electrons. The Morgan fingerprint density at radius 2 is 1.96 bits per heavy atom. The molecule has 1 spiro atoms. The maximum Gasteiger partial charge on any atom is 0.303 e. The molecule has 0 amide bonds. The van der Waals surface area contributed by atoms with Gasteiger partial charge in [0.15, 0.2) is 0 Å². The molecule has 1 saturated heterocycles. The van der Waals surface area contributed by atoms with Crippen LogP contribution in [0.3, 0.4) is 0 Å². The zero-order valence-corrected chi connectivity index (χ0v) is 15.5. The van der Waals surface area contributed by atoms with Crippen LogP contribution in [-0.4, -0.2) is 24.2 Å². The minimum absolute atomic E-state index is 0.315. The first-order valence-corrected chi connectivity index (χ1v) is 9.47. The summed E-state index contributed by atoms with van der Waals surface area (Å²) in [5, 5.41) is 19.2. The summed E-state index contributed by atoms with van der Waals surface area (Å²) in [5.41, 5.74) is 2.98. The van der Waals surface area contributed by atoms with Gasteiger partial charge < -0.3 is 10.0 Å². The number of aryl methyl sites for hydroxylation is 1. The van der Waals surface area contributed by atoms with E-state index >= 15 is 0 Å². The molecule has 1 aromatic carbocycles. The molecule has 1 aliphatic heterocycles. The second-order valence-electron chi connectivity index (χ2n) is 7.76. The Kier molecular flexibility index (Phi) is 5.24. The molecule has 0 atom stereocenters. The highest BCUT2D eigenvalue weighted by atomic mass is 35.5. The Bertz CT molecular complexity index is 692. The molecule has 1 N–H and O–H groups in total. The summed E-state index contributed by atoms with van der Waals surface area (Å²) in [6.45, 7) is 3.82. The average Bonchev–Trinajstić information content (AvgIpc) is 2.57. The maximum absolute atomic E-state index is 10.9. The van der Waals surface area contributed by atoms with E-state index in [2.05, 4.69) is 11.0 Å². The van der Waals surface area contributed by atoms with Gasteiger partial charge in [0.05, 0.1) is 11.3 Å². The van der Waals surface area contributed by atoms with Gasteiger partial charge in [-0.15, -0.1) is 0 Å². The van der Waals surface area contributed by atoms with Gasteiger partial charge in [0.2, 0.25) is 0 Å². The summed E-state index contributed by atoms with van der Waals surface area (Å²) < 4.78 is 0. The summed E-state index contributed by atoms with van der Waals surface area (Å²) in [4.78, 5) is 13.2. The Morgan fingerprint density at radius 3 is 2.52 bits per heavy atom. The van der Waals surface area contributed by atoms with Crippen LogP contribution in [0.2, 0.25) is 5.02 Å². The molecule has 0 unspecified atom stereocenters. The number of hydrogen-bond donors (Lipinski definition) is 1. The molecule has 0 bridgehead atoms. The minimum Gasteiger partial charge on any atom is -0.481 e. The number of piperidine rings is 1. The third-order valence-corrected chi connectivity index (χ3v) is 6.40. The lowest BCUT2D eigenvalue weighted by Gasteiger charge is -2.46. The lowest BCUT2D eigenvalue weighted by molar-refractivity contribution is -0.138. The topological polar surface area (TPSA) is 64.3 Å². The van der Waals surface area contributed by atoms with Crippen LogP contribution in [0, 0.1) is 29.6 Å². The van der Waals surface area contributed by atoms with Gasteiger partial charge in [0.25, 0.3) is 0 Å². The van der Waals surface area contributed by atoms with Gasteiger partial charge in [-0.1, -0.05) is 11.6 Å². The first-order chi connectivity index (χ1) is 11.9. The van der Waals surface area contributed by atoms with Gasteiger partial charge in [-0.05, 0) is 74.5 Å². The van der Waals surface area contributed by atoms with Gasteiger partial charge in [0, 0.05) is 24.5 Å². The van der Waals surface area contributed by atoms with Crippen molar-refractivity contribution in [1.29, 1.82) is 5.26 Å². The maximum atomic E-state index is 10.9. The molecule has 3 rings (SSSR count). The predicted octanol–water partition coefficient (Wildman–Crippen LogP) is 4.77.